The molecule has 0 aliphatic rings. The minimum atomic E-state index is -0.0984. The third-order valence-corrected chi connectivity index (χ3v) is 2.17. The largest absolute Gasteiger partial charge is 0.385 e. The molecule has 0 fully saturated rings. The van der Waals surface area contributed by atoms with Crippen molar-refractivity contribution < 1.29 is 9.53 Å². The number of benzene rings is 1. The molecule has 3 nitrogen and oxygen atoms in total. The zero-order valence-electron chi connectivity index (χ0n) is 9.19. The van der Waals surface area contributed by atoms with E-state index in [1.165, 1.54) is 0 Å². The molecule has 1 atom stereocenters. The van der Waals surface area contributed by atoms with Crippen molar-refractivity contribution in [1.29, 1.82) is 0 Å². The maximum atomic E-state index is 11.5. The van der Waals surface area contributed by atoms with Crippen molar-refractivity contribution in [1.82, 2.24) is 5.32 Å². The van der Waals surface area contributed by atoms with Gasteiger partial charge in [0.15, 0.2) is 0 Å². The van der Waals surface area contributed by atoms with E-state index >= 15 is 0 Å². The Kier molecular flexibility index (Phi) is 4.91. The number of carbonyl (C=O) groups excluding carboxylic acids is 1. The second-order valence-corrected chi connectivity index (χ2v) is 3.56. The molecule has 1 N–H and O–H groups in total. The first kappa shape index (κ1) is 11.8. The summed E-state index contributed by atoms with van der Waals surface area (Å²) in [5.74, 6) is -0.0700. The van der Waals surface area contributed by atoms with E-state index in [1.54, 1.807) is 7.11 Å². The first-order valence-corrected chi connectivity index (χ1v) is 5.04. The van der Waals surface area contributed by atoms with Gasteiger partial charge in [-0.2, -0.15) is 0 Å². The lowest BCUT2D eigenvalue weighted by molar-refractivity contribution is -0.122. The van der Waals surface area contributed by atoms with Crippen molar-refractivity contribution >= 4 is 13.8 Å². The summed E-state index contributed by atoms with van der Waals surface area (Å²) in [7, 11) is 3.45. The van der Waals surface area contributed by atoms with Crippen LogP contribution in [0.5, 0.6) is 0 Å². The number of amides is 1. The van der Waals surface area contributed by atoms with Gasteiger partial charge in [-0.1, -0.05) is 30.3 Å². The highest BCUT2D eigenvalue weighted by atomic mass is 16.5. The van der Waals surface area contributed by atoms with E-state index in [4.69, 9.17) is 4.74 Å². The zero-order chi connectivity index (χ0) is 11.1. The van der Waals surface area contributed by atoms with Gasteiger partial charge in [0, 0.05) is 19.5 Å². The van der Waals surface area contributed by atoms with Gasteiger partial charge in [0.2, 0.25) is 5.91 Å². The van der Waals surface area contributed by atoms with E-state index < -0.39 is 0 Å². The molecule has 0 spiro atoms. The molecule has 0 radical (unpaired) electrons. The van der Waals surface area contributed by atoms with Crippen molar-refractivity contribution in [3.8, 4) is 0 Å². The van der Waals surface area contributed by atoms with Gasteiger partial charge in [-0.3, -0.25) is 4.79 Å². The maximum absolute atomic E-state index is 11.5. The summed E-state index contributed by atoms with van der Waals surface area (Å²) in [6.07, 6.45) is 0. The molecule has 1 aromatic rings. The second-order valence-electron chi connectivity index (χ2n) is 3.56. The summed E-state index contributed by atoms with van der Waals surface area (Å²) in [5.41, 5.74) is 1.11. The predicted octanol–water partition coefficient (Wildman–Crippen LogP) is 0.371. The molecular weight excluding hydrogens is 189 g/mol. The van der Waals surface area contributed by atoms with Gasteiger partial charge in [0.25, 0.3) is 0 Å². The summed E-state index contributed by atoms with van der Waals surface area (Å²) in [6, 6.07) is 9.85. The lowest BCUT2D eigenvalue weighted by Gasteiger charge is -2.10. The SMILES string of the molecule is BC(COC)C(=O)NCc1ccccc1. The van der Waals surface area contributed by atoms with E-state index in [1.807, 2.05) is 38.2 Å². The van der Waals surface area contributed by atoms with Gasteiger partial charge < -0.3 is 10.1 Å². The zero-order valence-corrected chi connectivity index (χ0v) is 9.19. The average molecular weight is 205 g/mol. The summed E-state index contributed by atoms with van der Waals surface area (Å²) < 4.78 is 4.92. The first-order chi connectivity index (χ1) is 7.24. The highest BCUT2D eigenvalue weighted by Gasteiger charge is 2.11. The molecule has 0 bridgehead atoms. The Morgan fingerprint density at radius 1 is 1.47 bits per heavy atom. The van der Waals surface area contributed by atoms with Crippen LogP contribution in [0.25, 0.3) is 0 Å². The Morgan fingerprint density at radius 2 is 2.13 bits per heavy atom. The van der Waals surface area contributed by atoms with Gasteiger partial charge in [-0.15, -0.1) is 0 Å². The molecule has 0 saturated carbocycles. The van der Waals surface area contributed by atoms with Gasteiger partial charge >= 0.3 is 0 Å². The lowest BCUT2D eigenvalue weighted by atomic mass is 9.87. The van der Waals surface area contributed by atoms with E-state index in [-0.39, 0.29) is 11.7 Å². The molecule has 0 saturated heterocycles. The Hall–Kier alpha value is -1.29. The van der Waals surface area contributed by atoms with Gasteiger partial charge in [-0.05, 0) is 5.56 Å². The van der Waals surface area contributed by atoms with Gasteiger partial charge in [-0.25, -0.2) is 0 Å². The molecule has 0 aromatic heterocycles. The van der Waals surface area contributed by atoms with E-state index in [9.17, 15) is 4.79 Å². The first-order valence-electron chi connectivity index (χ1n) is 5.04. The fourth-order valence-electron chi connectivity index (χ4n) is 1.28. The van der Waals surface area contributed by atoms with Crippen molar-refractivity contribution in [2.45, 2.75) is 12.4 Å². The van der Waals surface area contributed by atoms with Crippen LogP contribution in [-0.4, -0.2) is 27.5 Å². The van der Waals surface area contributed by atoms with Crippen LogP contribution in [0, 0.1) is 0 Å². The summed E-state index contributed by atoms with van der Waals surface area (Å²) in [4.78, 5) is 11.5. The number of nitrogens with one attached hydrogen (secondary N) is 1. The second kappa shape index (κ2) is 6.25. The van der Waals surface area contributed by atoms with E-state index in [0.717, 1.165) is 5.56 Å². The third-order valence-electron chi connectivity index (χ3n) is 2.17. The van der Waals surface area contributed by atoms with Crippen molar-refractivity contribution in [2.75, 3.05) is 13.7 Å². The van der Waals surface area contributed by atoms with Gasteiger partial charge in [0.1, 0.15) is 7.85 Å². The van der Waals surface area contributed by atoms with Crippen LogP contribution in [0.3, 0.4) is 0 Å². The van der Waals surface area contributed by atoms with Crippen molar-refractivity contribution in [3.63, 3.8) is 0 Å². The minimum absolute atomic E-state index is 0.0284. The topological polar surface area (TPSA) is 38.3 Å². The molecule has 1 amide bonds. The molecule has 0 aliphatic carbocycles. The molecule has 15 heavy (non-hydrogen) atoms. The van der Waals surface area contributed by atoms with Crippen LogP contribution in [0.15, 0.2) is 30.3 Å². The van der Waals surface area contributed by atoms with Crippen molar-refractivity contribution in [3.05, 3.63) is 35.9 Å². The molecule has 4 heteroatoms. The smallest absolute Gasteiger partial charge is 0.217 e. The highest BCUT2D eigenvalue weighted by Crippen LogP contribution is 2.01. The number of hydrogen-bond acceptors (Lipinski definition) is 2. The molecule has 1 rings (SSSR count). The molecule has 0 heterocycles. The average Bonchev–Trinajstić information content (AvgIpc) is 2.27. The molecule has 0 aliphatic heterocycles. The fraction of sp³-hybridized carbons (Fsp3) is 0.364. The molecule has 80 valence electrons. The summed E-state index contributed by atoms with van der Waals surface area (Å²) in [5, 5.41) is 2.86. The molecular formula is C11H16BNO2. The third kappa shape index (κ3) is 4.17. The van der Waals surface area contributed by atoms with Crippen LogP contribution in [-0.2, 0) is 16.1 Å². The Bertz CT molecular complexity index is 303. The molecule has 1 unspecified atom stereocenters. The van der Waals surface area contributed by atoms with Crippen LogP contribution < -0.4 is 5.32 Å². The van der Waals surface area contributed by atoms with E-state index in [0.29, 0.717) is 13.2 Å². The number of ether oxygens (including phenoxy) is 1. The van der Waals surface area contributed by atoms with Crippen LogP contribution in [0.1, 0.15) is 5.56 Å². The van der Waals surface area contributed by atoms with Crippen LogP contribution in [0.4, 0.5) is 0 Å². The number of hydrogen-bond donors (Lipinski definition) is 1. The highest BCUT2D eigenvalue weighted by molar-refractivity contribution is 6.23. The van der Waals surface area contributed by atoms with Crippen LogP contribution >= 0.6 is 0 Å². The monoisotopic (exact) mass is 205 g/mol. The number of methoxy groups -OCH3 is 1. The molecule has 1 aromatic carbocycles. The van der Waals surface area contributed by atoms with E-state index in [2.05, 4.69) is 5.32 Å². The number of rotatable bonds is 5. The fourth-order valence-corrected chi connectivity index (χ4v) is 1.28. The summed E-state index contributed by atoms with van der Waals surface area (Å²) in [6.45, 7) is 1.04. The Balaban J connectivity index is 2.34. The predicted molar refractivity (Wildman–Crippen MR) is 62.5 cm³/mol. The van der Waals surface area contributed by atoms with Gasteiger partial charge in [0.05, 0.1) is 6.61 Å². The quantitative estimate of drug-likeness (QED) is 0.705. The summed E-state index contributed by atoms with van der Waals surface area (Å²) >= 11 is 0. The maximum Gasteiger partial charge on any atom is 0.217 e. The van der Waals surface area contributed by atoms with Crippen LogP contribution in [0.2, 0.25) is 5.82 Å². The standard InChI is InChI=1S/C11H16BNO2/c1-15-8-10(12)11(14)13-7-9-5-3-2-4-6-9/h2-6,10H,7-8,12H2,1H3,(H,13,14). The normalized spacial score (nSPS) is 12.1. The van der Waals surface area contributed by atoms with Crippen molar-refractivity contribution in [2.24, 2.45) is 0 Å². The minimum Gasteiger partial charge on any atom is -0.385 e. The number of carbonyl (C=O) groups is 1. The lowest BCUT2D eigenvalue weighted by Crippen LogP contribution is -2.29. The Labute approximate surface area is 91.2 Å². The Morgan fingerprint density at radius 3 is 2.73 bits per heavy atom.